The van der Waals surface area contributed by atoms with E-state index >= 15 is 0 Å². The van der Waals surface area contributed by atoms with Gasteiger partial charge < -0.3 is 15.0 Å². The maximum absolute atomic E-state index is 13.2. The number of nitrogens with one attached hydrogen (secondary N) is 1. The van der Waals surface area contributed by atoms with E-state index in [9.17, 15) is 4.79 Å². The Morgan fingerprint density at radius 3 is 2.57 bits per heavy atom. The fourth-order valence-corrected chi connectivity index (χ4v) is 4.02. The molecule has 0 bridgehead atoms. The van der Waals surface area contributed by atoms with E-state index in [2.05, 4.69) is 15.4 Å². The van der Waals surface area contributed by atoms with Gasteiger partial charge in [-0.15, -0.1) is 0 Å². The predicted octanol–water partition coefficient (Wildman–Crippen LogP) is 3.51. The van der Waals surface area contributed by atoms with Crippen LogP contribution < -0.4 is 10.2 Å². The number of ether oxygens (including phenoxy) is 1. The second-order valence-electron chi connectivity index (χ2n) is 7.75. The number of nitrogens with zero attached hydrogens (tertiary/aromatic N) is 4. The minimum absolute atomic E-state index is 0.00969. The van der Waals surface area contributed by atoms with E-state index in [1.807, 2.05) is 50.2 Å². The van der Waals surface area contributed by atoms with Crippen LogP contribution in [0.3, 0.4) is 0 Å². The van der Waals surface area contributed by atoms with Gasteiger partial charge in [-0.1, -0.05) is 18.6 Å². The van der Waals surface area contributed by atoms with Gasteiger partial charge in [0.05, 0.1) is 5.57 Å². The van der Waals surface area contributed by atoms with Crippen molar-refractivity contribution in [3.8, 4) is 0 Å². The molecule has 1 aliphatic heterocycles. The smallest absolute Gasteiger partial charge is 0.338 e. The number of benzene rings is 1. The number of hydrogen-bond acceptors (Lipinski definition) is 6. The van der Waals surface area contributed by atoms with Crippen LogP contribution in [0.25, 0.3) is 0 Å². The lowest BCUT2D eigenvalue weighted by atomic mass is 9.94. The molecule has 7 heteroatoms. The van der Waals surface area contributed by atoms with Crippen LogP contribution in [-0.4, -0.2) is 40.9 Å². The lowest BCUT2D eigenvalue weighted by Crippen LogP contribution is -2.32. The minimum Gasteiger partial charge on any atom is -0.459 e. The van der Waals surface area contributed by atoms with Crippen LogP contribution in [0.4, 0.5) is 11.6 Å². The molecule has 1 atom stereocenters. The highest BCUT2D eigenvalue weighted by molar-refractivity contribution is 5.92. The number of aromatic nitrogens is 3. The Balaban J connectivity index is 1.68. The van der Waals surface area contributed by atoms with E-state index in [1.165, 1.54) is 12.7 Å². The Labute approximate surface area is 165 Å². The van der Waals surface area contributed by atoms with Crippen molar-refractivity contribution in [1.82, 2.24) is 14.8 Å². The van der Waals surface area contributed by atoms with E-state index in [4.69, 9.17) is 4.74 Å². The van der Waals surface area contributed by atoms with Crippen molar-refractivity contribution < 1.29 is 9.53 Å². The lowest BCUT2D eigenvalue weighted by Gasteiger charge is -2.30. The van der Waals surface area contributed by atoms with Crippen molar-refractivity contribution in [2.75, 3.05) is 24.3 Å². The molecule has 2 aromatic rings. The first kappa shape index (κ1) is 18.5. The fraction of sp³-hybridized carbons (Fsp3) is 0.476. The second-order valence-corrected chi connectivity index (χ2v) is 7.75. The first-order valence-corrected chi connectivity index (χ1v) is 9.90. The Hall–Kier alpha value is -2.83. The number of fused-ring (bicyclic) bond motifs is 1. The Morgan fingerprint density at radius 2 is 1.89 bits per heavy atom. The van der Waals surface area contributed by atoms with Crippen molar-refractivity contribution >= 4 is 17.6 Å². The summed E-state index contributed by atoms with van der Waals surface area (Å²) in [5, 5.41) is 7.57. The highest BCUT2D eigenvalue weighted by Gasteiger charge is 2.35. The molecule has 0 unspecified atom stereocenters. The van der Waals surface area contributed by atoms with Crippen molar-refractivity contribution in [2.45, 2.75) is 51.2 Å². The van der Waals surface area contributed by atoms with Gasteiger partial charge in [-0.2, -0.15) is 10.1 Å². The number of hydrogen-bond donors (Lipinski definition) is 1. The molecule has 4 rings (SSSR count). The van der Waals surface area contributed by atoms with Gasteiger partial charge in [-0.25, -0.2) is 9.48 Å². The zero-order valence-electron chi connectivity index (χ0n) is 16.7. The predicted molar refractivity (Wildman–Crippen MR) is 108 cm³/mol. The largest absolute Gasteiger partial charge is 0.459 e. The molecular weight excluding hydrogens is 354 g/mol. The summed E-state index contributed by atoms with van der Waals surface area (Å²) < 4.78 is 7.66. The van der Waals surface area contributed by atoms with E-state index in [-0.39, 0.29) is 18.1 Å². The van der Waals surface area contributed by atoms with E-state index in [0.29, 0.717) is 11.5 Å². The van der Waals surface area contributed by atoms with Crippen molar-refractivity contribution in [2.24, 2.45) is 0 Å². The molecule has 0 saturated heterocycles. The quantitative estimate of drug-likeness (QED) is 0.817. The summed E-state index contributed by atoms with van der Waals surface area (Å²) in [4.78, 5) is 19.5. The summed E-state index contributed by atoms with van der Waals surface area (Å²) in [6, 6.07) is 7.82. The molecule has 2 heterocycles. The number of carbonyl (C=O) groups is 1. The average molecular weight is 381 g/mol. The first-order valence-electron chi connectivity index (χ1n) is 9.90. The van der Waals surface area contributed by atoms with Crippen molar-refractivity contribution in [3.05, 3.63) is 47.4 Å². The molecule has 0 radical (unpaired) electrons. The molecule has 1 N–H and O–H groups in total. The number of anilines is 2. The van der Waals surface area contributed by atoms with Gasteiger partial charge in [0, 0.05) is 25.5 Å². The van der Waals surface area contributed by atoms with Crippen molar-refractivity contribution in [1.29, 1.82) is 0 Å². The molecule has 1 aliphatic carbocycles. The van der Waals surface area contributed by atoms with Crippen LogP contribution in [0.5, 0.6) is 0 Å². The maximum Gasteiger partial charge on any atom is 0.338 e. The number of allylic oxidation sites excluding steroid dienone is 1. The number of rotatable bonds is 4. The zero-order chi connectivity index (χ0) is 19.7. The standard InChI is InChI=1S/C21H27N5O2/c1-14-18(20(27)28-17-7-5-4-6-8-17)19(26-21(24-14)22-13-23-26)15-9-11-16(12-10-15)25(2)3/h9-13,17,19H,4-8H2,1-3H3,(H,22,23,24)/t19-/m1/s1. The lowest BCUT2D eigenvalue weighted by molar-refractivity contribution is -0.146. The highest BCUT2D eigenvalue weighted by atomic mass is 16.5. The summed E-state index contributed by atoms with van der Waals surface area (Å²) in [7, 11) is 4.01. The number of esters is 1. The second kappa shape index (κ2) is 7.66. The summed E-state index contributed by atoms with van der Waals surface area (Å²) >= 11 is 0. The molecule has 0 amide bonds. The summed E-state index contributed by atoms with van der Waals surface area (Å²) in [6.07, 6.45) is 6.88. The Bertz CT molecular complexity index is 878. The van der Waals surface area contributed by atoms with Crippen LogP contribution in [-0.2, 0) is 9.53 Å². The molecule has 1 fully saturated rings. The molecule has 2 aliphatic rings. The molecule has 148 valence electrons. The third kappa shape index (κ3) is 3.48. The van der Waals surface area contributed by atoms with Gasteiger partial charge in [0.15, 0.2) is 0 Å². The normalized spacial score (nSPS) is 19.8. The van der Waals surface area contributed by atoms with E-state index in [1.54, 1.807) is 4.68 Å². The van der Waals surface area contributed by atoms with Crippen LogP contribution in [0.2, 0.25) is 0 Å². The minimum atomic E-state index is -0.356. The fourth-order valence-electron chi connectivity index (χ4n) is 4.02. The average Bonchev–Trinajstić information content (AvgIpc) is 3.15. The van der Waals surface area contributed by atoms with Gasteiger partial charge in [0.1, 0.15) is 18.5 Å². The van der Waals surface area contributed by atoms with Gasteiger partial charge >= 0.3 is 5.97 Å². The third-order valence-corrected chi connectivity index (χ3v) is 5.57. The molecule has 1 saturated carbocycles. The summed E-state index contributed by atoms with van der Waals surface area (Å²) in [6.45, 7) is 1.90. The Kier molecular flexibility index (Phi) is 5.07. The van der Waals surface area contributed by atoms with Gasteiger partial charge in [-0.3, -0.25) is 0 Å². The Morgan fingerprint density at radius 1 is 1.18 bits per heavy atom. The maximum atomic E-state index is 13.2. The van der Waals surface area contributed by atoms with Crippen LogP contribution >= 0.6 is 0 Å². The SMILES string of the molecule is CC1=C(C(=O)OC2CCCCC2)[C@@H](c2ccc(N(C)C)cc2)n2ncnc2N1. The third-order valence-electron chi connectivity index (χ3n) is 5.57. The molecule has 1 aromatic carbocycles. The van der Waals surface area contributed by atoms with Crippen LogP contribution in [0, 0.1) is 0 Å². The van der Waals surface area contributed by atoms with Gasteiger partial charge in [-0.05, 0) is 50.3 Å². The zero-order valence-corrected chi connectivity index (χ0v) is 16.7. The molecule has 0 spiro atoms. The molecule has 1 aromatic heterocycles. The monoisotopic (exact) mass is 381 g/mol. The number of carbonyl (C=O) groups excluding carboxylic acids is 1. The van der Waals surface area contributed by atoms with Crippen molar-refractivity contribution in [3.63, 3.8) is 0 Å². The van der Waals surface area contributed by atoms with Gasteiger partial charge in [0.2, 0.25) is 5.95 Å². The molecule has 7 nitrogen and oxygen atoms in total. The topological polar surface area (TPSA) is 72.3 Å². The van der Waals surface area contributed by atoms with E-state index < -0.39 is 0 Å². The first-order chi connectivity index (χ1) is 13.5. The summed E-state index contributed by atoms with van der Waals surface area (Å²) in [5.74, 6) is 0.369. The molecular formula is C21H27N5O2. The van der Waals surface area contributed by atoms with Crippen LogP contribution in [0.15, 0.2) is 41.9 Å². The summed E-state index contributed by atoms with van der Waals surface area (Å²) in [5.41, 5.74) is 3.45. The molecule has 28 heavy (non-hydrogen) atoms. The van der Waals surface area contributed by atoms with E-state index in [0.717, 1.165) is 42.6 Å². The van der Waals surface area contributed by atoms with Gasteiger partial charge in [0.25, 0.3) is 0 Å². The van der Waals surface area contributed by atoms with Crippen LogP contribution in [0.1, 0.15) is 50.6 Å². The highest BCUT2D eigenvalue weighted by Crippen LogP contribution is 2.36.